The molecule has 0 aromatic heterocycles. The molecule has 1 saturated heterocycles. The first kappa shape index (κ1) is 8.20. The van der Waals surface area contributed by atoms with Crippen LogP contribution in [0.3, 0.4) is 0 Å². The smallest absolute Gasteiger partial charge is 0.296 e. The van der Waals surface area contributed by atoms with Crippen LogP contribution in [-0.4, -0.2) is 45.1 Å². The zero-order valence-corrected chi connectivity index (χ0v) is 7.63. The van der Waals surface area contributed by atoms with Crippen LogP contribution in [0.4, 0.5) is 0 Å². The van der Waals surface area contributed by atoms with Gasteiger partial charge < -0.3 is 14.1 Å². The third kappa shape index (κ3) is 1.12. The first-order valence-electron chi connectivity index (χ1n) is 3.62. The lowest BCUT2D eigenvalue weighted by molar-refractivity contribution is 0.262. The summed E-state index contributed by atoms with van der Waals surface area (Å²) in [5, 5.41) is 9.08. The van der Waals surface area contributed by atoms with Gasteiger partial charge in [-0.25, -0.2) is 0 Å². The molecule has 3 nitrogen and oxygen atoms in total. The highest BCUT2D eigenvalue weighted by molar-refractivity contribution is 6.71. The Labute approximate surface area is 62.8 Å². The first-order valence-corrected chi connectivity index (χ1v) is 5.89. The van der Waals surface area contributed by atoms with E-state index in [0.717, 1.165) is 12.6 Å². The Bertz CT molecular complexity index is 116. The van der Waals surface area contributed by atoms with Crippen molar-refractivity contribution in [2.24, 2.45) is 0 Å². The Hall–Kier alpha value is 0.0969. The quantitative estimate of drug-likeness (QED) is 0.576. The van der Waals surface area contributed by atoms with Crippen LogP contribution in [0.25, 0.3) is 0 Å². The van der Waals surface area contributed by atoms with Gasteiger partial charge in [0.25, 0.3) is 8.48 Å². The van der Waals surface area contributed by atoms with Gasteiger partial charge in [0.15, 0.2) is 0 Å². The first-order chi connectivity index (χ1) is 4.75. The van der Waals surface area contributed by atoms with Gasteiger partial charge in [-0.1, -0.05) is 0 Å². The molecule has 60 valence electrons. The minimum absolute atomic E-state index is 0.236. The number of aliphatic hydroxyl groups is 1. The molecule has 1 aliphatic heterocycles. The van der Waals surface area contributed by atoms with Crippen molar-refractivity contribution in [2.45, 2.75) is 12.5 Å². The van der Waals surface area contributed by atoms with Crippen LogP contribution < -0.4 is 0 Å². The average molecular weight is 161 g/mol. The standard InChI is InChI=1S/C6H15NO2Si/c1-7-4-3-5-10(7,6-8)9-2/h8H,3-6H2,1-2H3. The Morgan fingerprint density at radius 3 is 2.60 bits per heavy atom. The molecule has 1 fully saturated rings. The molecule has 0 aromatic rings. The van der Waals surface area contributed by atoms with Crippen molar-refractivity contribution in [1.29, 1.82) is 0 Å². The van der Waals surface area contributed by atoms with E-state index in [0.29, 0.717) is 0 Å². The SMILES string of the molecule is CO[Si]1(CO)CCCN1C. The lowest BCUT2D eigenvalue weighted by Crippen LogP contribution is -2.52. The fourth-order valence-corrected chi connectivity index (χ4v) is 4.21. The van der Waals surface area contributed by atoms with Gasteiger partial charge in [-0.2, -0.15) is 0 Å². The van der Waals surface area contributed by atoms with E-state index < -0.39 is 8.48 Å². The van der Waals surface area contributed by atoms with Crippen LogP contribution >= 0.6 is 0 Å². The molecule has 4 heteroatoms. The topological polar surface area (TPSA) is 32.7 Å². The van der Waals surface area contributed by atoms with Crippen LogP contribution in [0.1, 0.15) is 6.42 Å². The van der Waals surface area contributed by atoms with Crippen molar-refractivity contribution in [3.05, 3.63) is 0 Å². The Balaban J connectivity index is 2.61. The largest absolute Gasteiger partial charge is 0.405 e. The molecule has 10 heavy (non-hydrogen) atoms. The second-order valence-electron chi connectivity index (χ2n) is 2.83. The van der Waals surface area contributed by atoms with E-state index in [1.807, 2.05) is 7.05 Å². The van der Waals surface area contributed by atoms with E-state index in [1.165, 1.54) is 6.42 Å². The summed E-state index contributed by atoms with van der Waals surface area (Å²) < 4.78 is 7.58. The van der Waals surface area contributed by atoms with Gasteiger partial charge in [-0.15, -0.1) is 0 Å². The van der Waals surface area contributed by atoms with E-state index in [1.54, 1.807) is 7.11 Å². The molecule has 0 saturated carbocycles. The molecule has 1 rings (SSSR count). The Morgan fingerprint density at radius 2 is 2.40 bits per heavy atom. The summed E-state index contributed by atoms with van der Waals surface area (Å²) in [6.45, 7) is 1.08. The second kappa shape index (κ2) is 3.00. The highest BCUT2D eigenvalue weighted by Gasteiger charge is 2.42. The normalized spacial score (nSPS) is 35.1. The summed E-state index contributed by atoms with van der Waals surface area (Å²) in [4.78, 5) is 0. The van der Waals surface area contributed by atoms with Gasteiger partial charge in [-0.05, 0) is 26.1 Å². The summed E-state index contributed by atoms with van der Waals surface area (Å²) in [5.41, 5.74) is 0. The lowest BCUT2D eigenvalue weighted by atomic mass is 10.5. The highest BCUT2D eigenvalue weighted by atomic mass is 28.4. The molecular weight excluding hydrogens is 146 g/mol. The summed E-state index contributed by atoms with van der Waals surface area (Å²) in [7, 11) is 1.96. The van der Waals surface area contributed by atoms with Crippen molar-refractivity contribution >= 4 is 8.48 Å². The van der Waals surface area contributed by atoms with Crippen LogP contribution in [0, 0.1) is 0 Å². The van der Waals surface area contributed by atoms with Gasteiger partial charge >= 0.3 is 0 Å². The van der Waals surface area contributed by atoms with Crippen LogP contribution in [-0.2, 0) is 4.43 Å². The summed E-state index contributed by atoms with van der Waals surface area (Å²) in [6, 6.07) is 1.08. The van der Waals surface area contributed by atoms with Gasteiger partial charge in [0, 0.05) is 7.11 Å². The molecule has 0 aliphatic carbocycles. The minimum atomic E-state index is -1.79. The maximum absolute atomic E-state index is 9.08. The predicted octanol–water partition coefficient (Wildman–Crippen LogP) is -0.0580. The number of rotatable bonds is 2. The summed E-state index contributed by atoms with van der Waals surface area (Å²) >= 11 is 0. The van der Waals surface area contributed by atoms with Crippen molar-refractivity contribution in [3.63, 3.8) is 0 Å². The van der Waals surface area contributed by atoms with Crippen molar-refractivity contribution in [3.8, 4) is 0 Å². The van der Waals surface area contributed by atoms with E-state index >= 15 is 0 Å². The molecular formula is C6H15NO2Si. The zero-order valence-electron chi connectivity index (χ0n) is 6.63. The maximum Gasteiger partial charge on any atom is 0.296 e. The third-order valence-corrected chi connectivity index (χ3v) is 6.39. The molecule has 1 unspecified atom stereocenters. The predicted molar refractivity (Wildman–Crippen MR) is 41.9 cm³/mol. The molecule has 1 N–H and O–H groups in total. The van der Waals surface area contributed by atoms with E-state index in [2.05, 4.69) is 4.57 Å². The summed E-state index contributed by atoms with van der Waals surface area (Å²) in [6.07, 6.45) is 1.41. The van der Waals surface area contributed by atoms with Crippen LogP contribution in [0.2, 0.25) is 6.04 Å². The monoisotopic (exact) mass is 161 g/mol. The highest BCUT2D eigenvalue weighted by Crippen LogP contribution is 2.23. The van der Waals surface area contributed by atoms with E-state index in [4.69, 9.17) is 9.53 Å². The van der Waals surface area contributed by atoms with Gasteiger partial charge in [0.05, 0.1) is 6.23 Å². The van der Waals surface area contributed by atoms with Crippen LogP contribution in [0.15, 0.2) is 0 Å². The Kier molecular flexibility index (Phi) is 2.46. The molecule has 0 amide bonds. The van der Waals surface area contributed by atoms with Crippen molar-refractivity contribution in [2.75, 3.05) is 26.9 Å². The number of hydrogen-bond donors (Lipinski definition) is 1. The number of nitrogens with zero attached hydrogens (tertiary/aromatic N) is 1. The third-order valence-electron chi connectivity index (χ3n) is 2.38. The van der Waals surface area contributed by atoms with Crippen molar-refractivity contribution < 1.29 is 9.53 Å². The maximum atomic E-state index is 9.08. The molecule has 1 atom stereocenters. The fraction of sp³-hybridized carbons (Fsp3) is 1.00. The van der Waals surface area contributed by atoms with E-state index in [-0.39, 0.29) is 6.23 Å². The minimum Gasteiger partial charge on any atom is -0.405 e. The fourth-order valence-electron chi connectivity index (χ4n) is 1.51. The van der Waals surface area contributed by atoms with Gasteiger partial charge in [0.1, 0.15) is 0 Å². The Morgan fingerprint density at radius 1 is 1.70 bits per heavy atom. The van der Waals surface area contributed by atoms with Crippen molar-refractivity contribution in [1.82, 2.24) is 4.57 Å². The molecule has 0 radical (unpaired) electrons. The molecule has 1 heterocycles. The lowest BCUT2D eigenvalue weighted by Gasteiger charge is -2.29. The summed E-state index contributed by atoms with van der Waals surface area (Å²) in [5.74, 6) is 0. The van der Waals surface area contributed by atoms with Gasteiger partial charge in [0.2, 0.25) is 0 Å². The number of aliphatic hydroxyl groups excluding tert-OH is 1. The van der Waals surface area contributed by atoms with Crippen LogP contribution in [0.5, 0.6) is 0 Å². The molecule has 1 aliphatic rings. The van der Waals surface area contributed by atoms with Gasteiger partial charge in [-0.3, -0.25) is 0 Å². The van der Waals surface area contributed by atoms with E-state index in [9.17, 15) is 0 Å². The molecule has 0 spiro atoms. The zero-order chi connectivity index (χ0) is 7.61. The molecule has 0 aromatic carbocycles. The second-order valence-corrected chi connectivity index (χ2v) is 6.71. The number of hydrogen-bond acceptors (Lipinski definition) is 3. The molecule has 0 bridgehead atoms. The average Bonchev–Trinajstić information content (AvgIpc) is 2.32.